The summed E-state index contributed by atoms with van der Waals surface area (Å²) in [7, 11) is 0. The van der Waals surface area contributed by atoms with E-state index >= 15 is 0 Å². The molecule has 0 saturated carbocycles. The summed E-state index contributed by atoms with van der Waals surface area (Å²) < 4.78 is 0. The number of nitrogens with two attached hydrogens (primary N) is 2. The van der Waals surface area contributed by atoms with E-state index in [1.54, 1.807) is 0 Å². The number of phenols is 2. The summed E-state index contributed by atoms with van der Waals surface area (Å²) in [6.07, 6.45) is 0. The first-order valence-corrected chi connectivity index (χ1v) is 4.13. The number of nitro benzene ring substituents is 1. The Kier molecular flexibility index (Phi) is 4.96. The molecule has 0 unspecified atom stereocenters. The van der Waals surface area contributed by atoms with E-state index in [1.165, 1.54) is 0 Å². The van der Waals surface area contributed by atoms with Crippen molar-refractivity contribution in [3.05, 3.63) is 27.8 Å². The highest BCUT2D eigenvalue weighted by Crippen LogP contribution is 2.37. The van der Waals surface area contributed by atoms with Crippen LogP contribution >= 0.6 is 12.4 Å². The second kappa shape index (κ2) is 5.50. The molecule has 0 saturated heterocycles. The first-order valence-electron chi connectivity index (χ1n) is 4.13. The van der Waals surface area contributed by atoms with E-state index < -0.39 is 28.2 Å². The summed E-state index contributed by atoms with van der Waals surface area (Å²) in [5.41, 5.74) is 10.5. The van der Waals surface area contributed by atoms with Crippen LogP contribution in [0.5, 0.6) is 11.5 Å². The molecule has 0 aliphatic carbocycles. The minimum atomic E-state index is -0.804. The molecule has 1 aromatic carbocycles. The Bertz CT molecular complexity index is 399. The fraction of sp³-hybridized carbons (Fsp3) is 0.250. The lowest BCUT2D eigenvalue weighted by atomic mass is 10.1. The van der Waals surface area contributed by atoms with E-state index in [2.05, 4.69) is 0 Å². The molecule has 1 rings (SSSR count). The van der Waals surface area contributed by atoms with Crippen LogP contribution in [0.15, 0.2) is 12.1 Å². The second-order valence-corrected chi connectivity index (χ2v) is 3.01. The minimum absolute atomic E-state index is 0. The zero-order chi connectivity index (χ0) is 11.6. The lowest BCUT2D eigenvalue weighted by Gasteiger charge is -2.10. The normalized spacial score (nSPS) is 11.6. The Hall–Kier alpha value is -1.57. The van der Waals surface area contributed by atoms with Crippen LogP contribution < -0.4 is 11.5 Å². The van der Waals surface area contributed by atoms with Crippen molar-refractivity contribution in [2.45, 2.75) is 6.04 Å². The summed E-state index contributed by atoms with van der Waals surface area (Å²) in [6.45, 7) is 0.0847. The topological polar surface area (TPSA) is 136 Å². The van der Waals surface area contributed by atoms with Gasteiger partial charge in [-0.3, -0.25) is 10.1 Å². The molecule has 0 aliphatic rings. The van der Waals surface area contributed by atoms with Gasteiger partial charge in [-0.25, -0.2) is 0 Å². The van der Waals surface area contributed by atoms with Crippen molar-refractivity contribution >= 4 is 18.1 Å². The van der Waals surface area contributed by atoms with Gasteiger partial charge in [0.2, 0.25) is 5.75 Å². The zero-order valence-corrected chi connectivity index (χ0v) is 8.98. The number of halogens is 1. The van der Waals surface area contributed by atoms with Crippen LogP contribution in [0.4, 0.5) is 5.69 Å². The number of aromatic hydroxyl groups is 2. The van der Waals surface area contributed by atoms with Crippen molar-refractivity contribution in [3.63, 3.8) is 0 Å². The summed E-state index contributed by atoms with van der Waals surface area (Å²) in [5, 5.41) is 28.9. The zero-order valence-electron chi connectivity index (χ0n) is 8.16. The predicted octanol–water partition coefficient (Wildman–Crippen LogP) is 0.386. The minimum Gasteiger partial charge on any atom is -0.504 e. The van der Waals surface area contributed by atoms with Gasteiger partial charge in [0.1, 0.15) is 0 Å². The Balaban J connectivity index is 0.00000225. The Morgan fingerprint density at radius 3 is 2.44 bits per heavy atom. The predicted molar refractivity (Wildman–Crippen MR) is 59.7 cm³/mol. The molecule has 0 aliphatic heterocycles. The van der Waals surface area contributed by atoms with E-state index in [0.29, 0.717) is 5.56 Å². The maximum Gasteiger partial charge on any atom is 0.314 e. The van der Waals surface area contributed by atoms with Gasteiger partial charge in [-0.15, -0.1) is 12.4 Å². The van der Waals surface area contributed by atoms with Gasteiger partial charge in [-0.05, 0) is 11.6 Å². The molecule has 16 heavy (non-hydrogen) atoms. The van der Waals surface area contributed by atoms with Crippen LogP contribution in [-0.4, -0.2) is 21.7 Å². The third-order valence-corrected chi connectivity index (χ3v) is 1.97. The van der Waals surface area contributed by atoms with Crippen LogP contribution in [0.3, 0.4) is 0 Å². The lowest BCUT2D eigenvalue weighted by Crippen LogP contribution is -2.20. The van der Waals surface area contributed by atoms with E-state index in [1.807, 2.05) is 0 Å². The van der Waals surface area contributed by atoms with E-state index in [9.17, 15) is 20.3 Å². The molecule has 1 aromatic rings. The van der Waals surface area contributed by atoms with Gasteiger partial charge in [0.25, 0.3) is 0 Å². The van der Waals surface area contributed by atoms with Gasteiger partial charge < -0.3 is 21.7 Å². The SMILES string of the molecule is Cl.NC[C@H](N)c1cc(O)c(O)c([N+](=O)[O-])c1. The van der Waals surface area contributed by atoms with Crippen molar-refractivity contribution in [3.8, 4) is 11.5 Å². The largest absolute Gasteiger partial charge is 0.504 e. The number of hydrogen-bond donors (Lipinski definition) is 4. The molecular formula is C8H12ClN3O4. The molecule has 7 nitrogen and oxygen atoms in total. The van der Waals surface area contributed by atoms with Crippen molar-refractivity contribution in [1.29, 1.82) is 0 Å². The van der Waals surface area contributed by atoms with Crippen molar-refractivity contribution in [1.82, 2.24) is 0 Å². The average Bonchev–Trinajstić information content (AvgIpc) is 2.20. The number of phenolic OH excluding ortho intramolecular Hbond substituents is 2. The third kappa shape index (κ3) is 2.72. The fourth-order valence-electron chi connectivity index (χ4n) is 1.11. The lowest BCUT2D eigenvalue weighted by molar-refractivity contribution is -0.386. The maximum atomic E-state index is 10.5. The molecule has 0 bridgehead atoms. The monoisotopic (exact) mass is 249 g/mol. The molecule has 90 valence electrons. The van der Waals surface area contributed by atoms with Gasteiger partial charge in [0, 0.05) is 18.7 Å². The first kappa shape index (κ1) is 14.4. The molecule has 0 spiro atoms. The van der Waals surface area contributed by atoms with Crippen LogP contribution in [0, 0.1) is 10.1 Å². The van der Waals surface area contributed by atoms with Gasteiger partial charge >= 0.3 is 5.69 Å². The number of nitrogens with zero attached hydrogens (tertiary/aromatic N) is 1. The van der Waals surface area contributed by atoms with E-state index in [0.717, 1.165) is 12.1 Å². The van der Waals surface area contributed by atoms with Gasteiger partial charge in [0.15, 0.2) is 5.75 Å². The highest BCUT2D eigenvalue weighted by molar-refractivity contribution is 5.85. The van der Waals surface area contributed by atoms with Gasteiger partial charge in [-0.1, -0.05) is 0 Å². The highest BCUT2D eigenvalue weighted by Gasteiger charge is 2.20. The molecule has 1 atom stereocenters. The summed E-state index contributed by atoms with van der Waals surface area (Å²) in [6, 6.07) is 1.63. The number of rotatable bonds is 3. The third-order valence-electron chi connectivity index (χ3n) is 1.97. The Morgan fingerprint density at radius 1 is 1.44 bits per heavy atom. The van der Waals surface area contributed by atoms with Crippen LogP contribution in [-0.2, 0) is 0 Å². The number of benzene rings is 1. The van der Waals surface area contributed by atoms with Gasteiger partial charge in [-0.2, -0.15) is 0 Å². The standard InChI is InChI=1S/C8H11N3O4.ClH/c9-3-5(10)4-1-6(11(14)15)8(13)7(12)2-4;/h1-2,5,12-13H,3,9-10H2;1H/t5-;/m0./s1. The van der Waals surface area contributed by atoms with Gasteiger partial charge in [0.05, 0.1) is 4.92 Å². The Morgan fingerprint density at radius 2 is 2.00 bits per heavy atom. The highest BCUT2D eigenvalue weighted by atomic mass is 35.5. The molecule has 0 amide bonds. The molecule has 6 N–H and O–H groups in total. The van der Waals surface area contributed by atoms with Crippen LogP contribution in [0.2, 0.25) is 0 Å². The molecule has 8 heteroatoms. The van der Waals surface area contributed by atoms with Crippen molar-refractivity contribution in [2.75, 3.05) is 6.54 Å². The summed E-state index contributed by atoms with van der Waals surface area (Å²) in [4.78, 5) is 9.70. The second-order valence-electron chi connectivity index (χ2n) is 3.01. The van der Waals surface area contributed by atoms with Crippen molar-refractivity contribution < 1.29 is 15.1 Å². The van der Waals surface area contributed by atoms with Crippen LogP contribution in [0.25, 0.3) is 0 Å². The Labute approximate surface area is 97.2 Å². The first-order chi connectivity index (χ1) is 6.97. The van der Waals surface area contributed by atoms with E-state index in [4.69, 9.17) is 11.5 Å². The quantitative estimate of drug-likeness (QED) is 0.347. The smallest absolute Gasteiger partial charge is 0.314 e. The molecule has 0 radical (unpaired) electrons. The average molecular weight is 250 g/mol. The molecule has 0 fully saturated rings. The van der Waals surface area contributed by atoms with Crippen LogP contribution in [0.1, 0.15) is 11.6 Å². The number of hydrogen-bond acceptors (Lipinski definition) is 6. The maximum absolute atomic E-state index is 10.5. The van der Waals surface area contributed by atoms with Crippen molar-refractivity contribution in [2.24, 2.45) is 11.5 Å². The molecule has 0 aromatic heterocycles. The number of nitro groups is 1. The van der Waals surface area contributed by atoms with E-state index in [-0.39, 0.29) is 19.0 Å². The molecule has 0 heterocycles. The summed E-state index contributed by atoms with van der Waals surface area (Å²) >= 11 is 0. The molecular weight excluding hydrogens is 238 g/mol. The fourth-order valence-corrected chi connectivity index (χ4v) is 1.11. The summed E-state index contributed by atoms with van der Waals surface area (Å²) in [5.74, 6) is -1.35.